The van der Waals surface area contributed by atoms with Gasteiger partial charge in [0.05, 0.1) is 19.3 Å². The van der Waals surface area contributed by atoms with E-state index in [0.717, 1.165) is 98.7 Å². The Morgan fingerprint density at radius 1 is 1.13 bits per heavy atom. The number of rotatable bonds is 6. The third-order valence-electron chi connectivity index (χ3n) is 8.59. The van der Waals surface area contributed by atoms with Gasteiger partial charge in [-0.25, -0.2) is 9.78 Å². The average molecular weight is 522 g/mol. The van der Waals surface area contributed by atoms with Crippen molar-refractivity contribution < 1.29 is 14.6 Å². The molecule has 3 N–H and O–H groups in total. The van der Waals surface area contributed by atoms with Crippen molar-refractivity contribution in [3.63, 3.8) is 0 Å². The topological polar surface area (TPSA) is 90.0 Å². The standard InChI is InChI=1S/C30H43N5O3/c1-4-22-9-12-35(20-22)29(37)31-24-6-5-21(2)26(19-24)23-17-27(33-30(3)10-7-25(36)8-11-30)32-28(18-23)34-13-15-38-16-14-34/h5-6,17-19,22,25,36H,4,7-16,20H2,1-3H3,(H,31,37)(H,32,33)/t22-,25?,30?/m1/s1. The number of carbonyl (C=O) groups excluding carboxylic acids is 1. The fourth-order valence-corrected chi connectivity index (χ4v) is 5.93. The van der Waals surface area contributed by atoms with E-state index in [2.05, 4.69) is 60.6 Å². The minimum absolute atomic E-state index is 0.0192. The summed E-state index contributed by atoms with van der Waals surface area (Å²) < 4.78 is 5.59. The van der Waals surface area contributed by atoms with Crippen LogP contribution in [0.5, 0.6) is 0 Å². The van der Waals surface area contributed by atoms with Crippen molar-refractivity contribution in [2.75, 3.05) is 54.9 Å². The Labute approximate surface area is 226 Å². The zero-order valence-corrected chi connectivity index (χ0v) is 23.1. The summed E-state index contributed by atoms with van der Waals surface area (Å²) in [6.07, 6.45) is 5.40. The number of morpholine rings is 1. The van der Waals surface area contributed by atoms with Crippen LogP contribution in [-0.2, 0) is 4.74 Å². The maximum atomic E-state index is 13.0. The third-order valence-corrected chi connectivity index (χ3v) is 8.59. The summed E-state index contributed by atoms with van der Waals surface area (Å²) in [6.45, 7) is 11.2. The van der Waals surface area contributed by atoms with Gasteiger partial charge in [0, 0.05) is 37.4 Å². The lowest BCUT2D eigenvalue weighted by atomic mass is 9.82. The molecule has 1 aromatic heterocycles. The molecule has 0 bridgehead atoms. The minimum Gasteiger partial charge on any atom is -0.393 e. The zero-order valence-electron chi connectivity index (χ0n) is 23.1. The number of carbonyl (C=O) groups is 1. The second kappa shape index (κ2) is 11.5. The van der Waals surface area contributed by atoms with Gasteiger partial charge in [-0.1, -0.05) is 19.4 Å². The van der Waals surface area contributed by atoms with Crippen molar-refractivity contribution in [2.45, 2.75) is 70.9 Å². The first kappa shape index (κ1) is 26.8. The summed E-state index contributed by atoms with van der Waals surface area (Å²) in [5.74, 6) is 2.38. The molecule has 206 valence electrons. The van der Waals surface area contributed by atoms with Crippen molar-refractivity contribution >= 4 is 23.4 Å². The van der Waals surface area contributed by atoms with Crippen LogP contribution in [0.3, 0.4) is 0 Å². The van der Waals surface area contributed by atoms with Gasteiger partial charge in [0.2, 0.25) is 0 Å². The van der Waals surface area contributed by atoms with E-state index in [1.165, 1.54) is 0 Å². The molecule has 1 atom stereocenters. The largest absolute Gasteiger partial charge is 0.393 e. The lowest BCUT2D eigenvalue weighted by molar-refractivity contribution is 0.108. The number of urea groups is 1. The molecular formula is C30H43N5O3. The maximum absolute atomic E-state index is 13.0. The van der Waals surface area contributed by atoms with Gasteiger partial charge in [0.25, 0.3) is 0 Å². The Bertz CT molecular complexity index is 1120. The van der Waals surface area contributed by atoms with E-state index in [-0.39, 0.29) is 17.7 Å². The highest BCUT2D eigenvalue weighted by molar-refractivity contribution is 5.91. The fourth-order valence-electron chi connectivity index (χ4n) is 5.93. The summed E-state index contributed by atoms with van der Waals surface area (Å²) in [7, 11) is 0. The number of ether oxygens (including phenoxy) is 1. The number of aryl methyl sites for hydroxylation is 1. The molecular weight excluding hydrogens is 478 g/mol. The Kier molecular flexibility index (Phi) is 8.09. The second-order valence-electron chi connectivity index (χ2n) is 11.6. The van der Waals surface area contributed by atoms with Crippen LogP contribution in [0.25, 0.3) is 11.1 Å². The van der Waals surface area contributed by atoms with Gasteiger partial charge in [-0.3, -0.25) is 0 Å². The van der Waals surface area contributed by atoms with E-state index in [4.69, 9.17) is 9.72 Å². The van der Waals surface area contributed by atoms with Crippen LogP contribution < -0.4 is 15.5 Å². The molecule has 1 saturated carbocycles. The van der Waals surface area contributed by atoms with Crippen LogP contribution in [0, 0.1) is 12.8 Å². The lowest BCUT2D eigenvalue weighted by Crippen LogP contribution is -2.41. The van der Waals surface area contributed by atoms with Crippen LogP contribution >= 0.6 is 0 Å². The third kappa shape index (κ3) is 6.24. The van der Waals surface area contributed by atoms with Gasteiger partial charge in [-0.2, -0.15) is 0 Å². The number of nitrogens with one attached hydrogen (secondary N) is 2. The number of benzene rings is 1. The van der Waals surface area contributed by atoms with E-state index in [1.807, 2.05) is 11.0 Å². The van der Waals surface area contributed by atoms with Gasteiger partial charge in [-0.05, 0) is 92.8 Å². The first-order valence-electron chi connectivity index (χ1n) is 14.3. The number of aromatic nitrogens is 1. The average Bonchev–Trinajstić information content (AvgIpc) is 3.42. The van der Waals surface area contributed by atoms with Gasteiger partial charge >= 0.3 is 6.03 Å². The SMILES string of the molecule is CC[C@@H]1CCN(C(=O)Nc2ccc(C)c(-c3cc(NC4(C)CCC(O)CC4)nc(N4CCOCC4)c3)c2)C1. The zero-order chi connectivity index (χ0) is 26.7. The molecule has 0 spiro atoms. The highest BCUT2D eigenvalue weighted by atomic mass is 16.5. The molecule has 2 aromatic rings. The smallest absolute Gasteiger partial charge is 0.321 e. The van der Waals surface area contributed by atoms with Crippen molar-refractivity contribution in [3.8, 4) is 11.1 Å². The lowest BCUT2D eigenvalue weighted by Gasteiger charge is -2.37. The number of likely N-dealkylation sites (tertiary alicyclic amines) is 1. The highest BCUT2D eigenvalue weighted by Crippen LogP contribution is 2.35. The van der Waals surface area contributed by atoms with Crippen LogP contribution in [0.4, 0.5) is 22.1 Å². The Hall–Kier alpha value is -2.84. The number of amides is 2. The van der Waals surface area contributed by atoms with Crippen LogP contribution in [0.1, 0.15) is 57.9 Å². The summed E-state index contributed by atoms with van der Waals surface area (Å²) in [5, 5.41) is 16.9. The van der Waals surface area contributed by atoms with Gasteiger partial charge in [-0.15, -0.1) is 0 Å². The first-order chi connectivity index (χ1) is 18.3. The fraction of sp³-hybridized carbons (Fsp3) is 0.600. The number of nitrogens with zero attached hydrogens (tertiary/aromatic N) is 3. The second-order valence-corrected chi connectivity index (χ2v) is 11.6. The number of hydrogen-bond donors (Lipinski definition) is 3. The molecule has 0 unspecified atom stereocenters. The number of aliphatic hydroxyl groups is 1. The maximum Gasteiger partial charge on any atom is 0.321 e. The van der Waals surface area contributed by atoms with E-state index >= 15 is 0 Å². The summed E-state index contributed by atoms with van der Waals surface area (Å²) in [4.78, 5) is 22.2. The molecule has 5 rings (SSSR count). The van der Waals surface area contributed by atoms with Gasteiger partial charge in [0.15, 0.2) is 0 Å². The molecule has 1 aliphatic carbocycles. The first-order valence-corrected chi connectivity index (χ1v) is 14.3. The quantitative estimate of drug-likeness (QED) is 0.480. The van der Waals surface area contributed by atoms with E-state index in [9.17, 15) is 9.90 Å². The predicted octanol–water partition coefficient (Wildman–Crippen LogP) is 5.26. The number of aliphatic hydroxyl groups excluding tert-OH is 1. The van der Waals surface area contributed by atoms with Gasteiger partial charge < -0.3 is 30.3 Å². The van der Waals surface area contributed by atoms with Crippen LogP contribution in [-0.4, -0.2) is 72.1 Å². The Balaban J connectivity index is 1.43. The van der Waals surface area contributed by atoms with E-state index in [0.29, 0.717) is 19.1 Å². The number of hydrogen-bond acceptors (Lipinski definition) is 6. The van der Waals surface area contributed by atoms with Crippen molar-refractivity contribution in [2.24, 2.45) is 5.92 Å². The summed E-state index contributed by atoms with van der Waals surface area (Å²) in [6, 6.07) is 10.4. The summed E-state index contributed by atoms with van der Waals surface area (Å²) >= 11 is 0. The highest BCUT2D eigenvalue weighted by Gasteiger charge is 2.31. The molecule has 1 aromatic carbocycles. The van der Waals surface area contributed by atoms with E-state index in [1.54, 1.807) is 0 Å². The molecule has 2 aliphatic heterocycles. The molecule has 3 heterocycles. The van der Waals surface area contributed by atoms with Crippen molar-refractivity contribution in [1.82, 2.24) is 9.88 Å². The van der Waals surface area contributed by atoms with Gasteiger partial charge in [0.1, 0.15) is 11.6 Å². The molecule has 38 heavy (non-hydrogen) atoms. The molecule has 2 amide bonds. The Morgan fingerprint density at radius 2 is 1.89 bits per heavy atom. The monoisotopic (exact) mass is 521 g/mol. The van der Waals surface area contributed by atoms with E-state index < -0.39 is 0 Å². The predicted molar refractivity (Wildman–Crippen MR) is 153 cm³/mol. The minimum atomic E-state index is -0.206. The molecule has 3 fully saturated rings. The van der Waals surface area contributed by atoms with Crippen LogP contribution in [0.15, 0.2) is 30.3 Å². The van der Waals surface area contributed by atoms with Crippen molar-refractivity contribution in [1.29, 1.82) is 0 Å². The molecule has 0 radical (unpaired) electrons. The Morgan fingerprint density at radius 3 is 2.61 bits per heavy atom. The van der Waals surface area contributed by atoms with Crippen LogP contribution in [0.2, 0.25) is 0 Å². The molecule has 2 saturated heterocycles. The number of pyridine rings is 1. The number of anilines is 3. The molecule has 8 heteroatoms. The van der Waals surface area contributed by atoms with Crippen molar-refractivity contribution in [3.05, 3.63) is 35.9 Å². The normalized spacial score (nSPS) is 25.9. The molecule has 8 nitrogen and oxygen atoms in total. The molecule has 3 aliphatic rings. The summed E-state index contributed by atoms with van der Waals surface area (Å²) in [5.41, 5.74) is 4.00.